The maximum absolute atomic E-state index is 12.6. The number of hydrogen-bond acceptors (Lipinski definition) is 1. The Morgan fingerprint density at radius 3 is 2.10 bits per heavy atom. The highest BCUT2D eigenvalue weighted by atomic mass is 19.3. The summed E-state index contributed by atoms with van der Waals surface area (Å²) in [6.07, 6.45) is 0.231. The van der Waals surface area contributed by atoms with E-state index in [1.165, 1.54) is 0 Å². The second-order valence-electron chi connectivity index (χ2n) is 3.44. The standard InChI is InChI=1S/C7H11F2N/c8-7(9)1-5-3-10-4-6(5)2-7/h5-6,10H,1-4H2/t5-,6?/m0/s1. The molecule has 1 saturated carbocycles. The molecule has 1 nitrogen and oxygen atoms in total. The van der Waals surface area contributed by atoms with Crippen molar-refractivity contribution in [1.29, 1.82) is 0 Å². The maximum atomic E-state index is 12.6. The van der Waals surface area contributed by atoms with Crippen molar-refractivity contribution in [2.75, 3.05) is 13.1 Å². The van der Waals surface area contributed by atoms with E-state index < -0.39 is 5.92 Å². The lowest BCUT2D eigenvalue weighted by Crippen LogP contribution is -2.17. The maximum Gasteiger partial charge on any atom is 0.248 e. The van der Waals surface area contributed by atoms with Crippen molar-refractivity contribution in [3.63, 3.8) is 0 Å². The Bertz CT molecular complexity index is 133. The Balaban J connectivity index is 2.07. The van der Waals surface area contributed by atoms with Crippen molar-refractivity contribution in [3.8, 4) is 0 Å². The predicted octanol–water partition coefficient (Wildman–Crippen LogP) is 1.25. The van der Waals surface area contributed by atoms with Crippen LogP contribution in [0.1, 0.15) is 12.8 Å². The molecule has 0 amide bonds. The van der Waals surface area contributed by atoms with E-state index in [2.05, 4.69) is 5.32 Å². The van der Waals surface area contributed by atoms with Crippen LogP contribution in [0.2, 0.25) is 0 Å². The van der Waals surface area contributed by atoms with Gasteiger partial charge >= 0.3 is 0 Å². The van der Waals surface area contributed by atoms with Gasteiger partial charge in [0.15, 0.2) is 0 Å². The van der Waals surface area contributed by atoms with Gasteiger partial charge in [-0.1, -0.05) is 0 Å². The van der Waals surface area contributed by atoms with Crippen LogP contribution in [-0.4, -0.2) is 19.0 Å². The minimum Gasteiger partial charge on any atom is -0.316 e. The molecule has 0 aromatic rings. The number of nitrogens with one attached hydrogen (secondary N) is 1. The van der Waals surface area contributed by atoms with Gasteiger partial charge in [-0.25, -0.2) is 8.78 Å². The van der Waals surface area contributed by atoms with Crippen LogP contribution in [0.4, 0.5) is 8.78 Å². The summed E-state index contributed by atoms with van der Waals surface area (Å²) < 4.78 is 25.3. The summed E-state index contributed by atoms with van der Waals surface area (Å²) in [7, 11) is 0. The van der Waals surface area contributed by atoms with Gasteiger partial charge in [-0.05, 0) is 24.9 Å². The van der Waals surface area contributed by atoms with Gasteiger partial charge in [-0.3, -0.25) is 0 Å². The molecule has 0 aromatic heterocycles. The van der Waals surface area contributed by atoms with E-state index in [0.717, 1.165) is 13.1 Å². The van der Waals surface area contributed by atoms with Gasteiger partial charge in [0, 0.05) is 12.8 Å². The third-order valence-electron chi connectivity index (χ3n) is 2.60. The Morgan fingerprint density at radius 2 is 1.60 bits per heavy atom. The fourth-order valence-corrected chi connectivity index (χ4v) is 2.12. The second-order valence-corrected chi connectivity index (χ2v) is 3.44. The average molecular weight is 147 g/mol. The second kappa shape index (κ2) is 1.91. The minimum absolute atomic E-state index is 0.116. The molecule has 2 aliphatic rings. The fourth-order valence-electron chi connectivity index (χ4n) is 2.12. The lowest BCUT2D eigenvalue weighted by atomic mass is 10.0. The first-order valence-electron chi connectivity index (χ1n) is 3.76. The predicted molar refractivity (Wildman–Crippen MR) is 34.0 cm³/mol. The van der Waals surface area contributed by atoms with E-state index in [1.54, 1.807) is 0 Å². The van der Waals surface area contributed by atoms with Gasteiger partial charge < -0.3 is 5.32 Å². The van der Waals surface area contributed by atoms with E-state index in [9.17, 15) is 8.78 Å². The van der Waals surface area contributed by atoms with Crippen LogP contribution in [-0.2, 0) is 0 Å². The molecule has 0 aromatic carbocycles. The van der Waals surface area contributed by atoms with E-state index >= 15 is 0 Å². The Kier molecular flexibility index (Phi) is 1.24. The van der Waals surface area contributed by atoms with Crippen molar-refractivity contribution >= 4 is 0 Å². The summed E-state index contributed by atoms with van der Waals surface area (Å²) >= 11 is 0. The molecule has 2 rings (SSSR count). The largest absolute Gasteiger partial charge is 0.316 e. The van der Waals surface area contributed by atoms with Gasteiger partial charge in [-0.2, -0.15) is 0 Å². The Morgan fingerprint density at radius 1 is 1.10 bits per heavy atom. The molecule has 1 aliphatic carbocycles. The van der Waals surface area contributed by atoms with Gasteiger partial charge in [-0.15, -0.1) is 0 Å². The number of alkyl halides is 2. The summed E-state index contributed by atoms with van der Waals surface area (Å²) in [5, 5.41) is 3.13. The molecular weight excluding hydrogens is 136 g/mol. The van der Waals surface area contributed by atoms with Crippen molar-refractivity contribution in [2.45, 2.75) is 18.8 Å². The molecule has 1 saturated heterocycles. The summed E-state index contributed by atoms with van der Waals surface area (Å²) in [6, 6.07) is 0. The highest BCUT2D eigenvalue weighted by Crippen LogP contribution is 2.44. The zero-order valence-electron chi connectivity index (χ0n) is 5.74. The quantitative estimate of drug-likeness (QED) is 0.543. The number of hydrogen-bond donors (Lipinski definition) is 1. The molecule has 0 radical (unpaired) electrons. The first-order valence-corrected chi connectivity index (χ1v) is 3.76. The van der Waals surface area contributed by atoms with Crippen LogP contribution in [0.3, 0.4) is 0 Å². The highest BCUT2D eigenvalue weighted by Gasteiger charge is 2.47. The topological polar surface area (TPSA) is 12.0 Å². The molecule has 10 heavy (non-hydrogen) atoms. The zero-order valence-corrected chi connectivity index (χ0v) is 5.74. The number of fused-ring (bicyclic) bond motifs is 1. The molecule has 3 heteroatoms. The summed E-state index contributed by atoms with van der Waals surface area (Å²) in [4.78, 5) is 0. The summed E-state index contributed by atoms with van der Waals surface area (Å²) in [5.74, 6) is -1.83. The van der Waals surface area contributed by atoms with E-state index in [4.69, 9.17) is 0 Å². The molecule has 1 heterocycles. The average Bonchev–Trinajstić information content (AvgIpc) is 2.20. The van der Waals surface area contributed by atoms with E-state index in [1.807, 2.05) is 0 Å². The lowest BCUT2D eigenvalue weighted by molar-refractivity contribution is 0.00112. The van der Waals surface area contributed by atoms with Crippen molar-refractivity contribution < 1.29 is 8.78 Å². The zero-order chi connectivity index (χ0) is 7.19. The van der Waals surface area contributed by atoms with Crippen LogP contribution < -0.4 is 5.32 Å². The molecule has 0 spiro atoms. The third-order valence-corrected chi connectivity index (χ3v) is 2.60. The third kappa shape index (κ3) is 0.926. The summed E-state index contributed by atoms with van der Waals surface area (Å²) in [6.45, 7) is 1.61. The summed E-state index contributed by atoms with van der Waals surface area (Å²) in [5.41, 5.74) is 0. The lowest BCUT2D eigenvalue weighted by Gasteiger charge is -2.08. The van der Waals surface area contributed by atoms with Gasteiger partial charge in [0.2, 0.25) is 5.92 Å². The Labute approximate surface area is 58.8 Å². The van der Waals surface area contributed by atoms with E-state index in [-0.39, 0.29) is 24.7 Å². The number of rotatable bonds is 0. The van der Waals surface area contributed by atoms with Gasteiger partial charge in [0.1, 0.15) is 0 Å². The van der Waals surface area contributed by atoms with E-state index in [0.29, 0.717) is 0 Å². The Hall–Kier alpha value is -0.180. The molecule has 58 valence electrons. The molecular formula is C7H11F2N. The first kappa shape index (κ1) is 6.53. The number of halogens is 2. The molecule has 0 bridgehead atoms. The smallest absolute Gasteiger partial charge is 0.248 e. The van der Waals surface area contributed by atoms with Gasteiger partial charge in [0.25, 0.3) is 0 Å². The normalized spacial score (nSPS) is 43.8. The fraction of sp³-hybridized carbons (Fsp3) is 1.00. The van der Waals surface area contributed by atoms with Gasteiger partial charge in [0.05, 0.1) is 0 Å². The van der Waals surface area contributed by atoms with Crippen LogP contribution in [0, 0.1) is 11.8 Å². The monoisotopic (exact) mass is 147 g/mol. The van der Waals surface area contributed by atoms with Crippen LogP contribution in [0.5, 0.6) is 0 Å². The van der Waals surface area contributed by atoms with Crippen molar-refractivity contribution in [2.24, 2.45) is 11.8 Å². The van der Waals surface area contributed by atoms with Crippen molar-refractivity contribution in [3.05, 3.63) is 0 Å². The first-order chi connectivity index (χ1) is 4.67. The van der Waals surface area contributed by atoms with Crippen LogP contribution >= 0.6 is 0 Å². The van der Waals surface area contributed by atoms with Crippen LogP contribution in [0.25, 0.3) is 0 Å². The molecule has 1 unspecified atom stereocenters. The molecule has 1 N–H and O–H groups in total. The molecule has 2 fully saturated rings. The minimum atomic E-state index is -2.35. The molecule has 2 atom stereocenters. The highest BCUT2D eigenvalue weighted by molar-refractivity contribution is 4.94. The molecule has 1 aliphatic heterocycles. The SMILES string of the molecule is FC1(F)CC2CNC[C@@H]2C1. The van der Waals surface area contributed by atoms with Crippen molar-refractivity contribution in [1.82, 2.24) is 5.32 Å². The van der Waals surface area contributed by atoms with Crippen LogP contribution in [0.15, 0.2) is 0 Å².